The summed E-state index contributed by atoms with van der Waals surface area (Å²) >= 11 is 0.819. The number of thioether (sulfide) groups is 1. The molecule has 1 fully saturated rings. The van der Waals surface area contributed by atoms with Crippen molar-refractivity contribution in [3.8, 4) is 11.1 Å². The molecule has 0 radical (unpaired) electrons. The molecule has 0 saturated carbocycles. The van der Waals surface area contributed by atoms with E-state index in [1.165, 1.54) is 18.2 Å². The number of nitrogens with one attached hydrogen (secondary N) is 1. The number of halogens is 1. The highest BCUT2D eigenvalue weighted by atomic mass is 32.2. The van der Waals surface area contributed by atoms with Crippen LogP contribution in [0.1, 0.15) is 11.3 Å². The van der Waals surface area contributed by atoms with Gasteiger partial charge in [-0.1, -0.05) is 6.07 Å². The number of hydrogen-bond acceptors (Lipinski definition) is 5. The number of benzene rings is 1. The Hall–Kier alpha value is -2.93. The maximum Gasteiger partial charge on any atom is 0.290 e. The molecule has 0 aliphatic carbocycles. The molecule has 0 atom stereocenters. The molecule has 5 nitrogen and oxygen atoms in total. The molecule has 1 aliphatic heterocycles. The first kappa shape index (κ1) is 15.6. The number of aryl methyl sites for hydroxylation is 1. The molecule has 0 unspecified atom stereocenters. The quantitative estimate of drug-likeness (QED) is 0.696. The van der Waals surface area contributed by atoms with Crippen LogP contribution < -0.4 is 5.32 Å². The Morgan fingerprint density at radius 1 is 1.20 bits per heavy atom. The third-order valence-electron chi connectivity index (χ3n) is 3.71. The fourth-order valence-corrected chi connectivity index (χ4v) is 3.36. The van der Waals surface area contributed by atoms with Gasteiger partial charge in [-0.15, -0.1) is 0 Å². The minimum absolute atomic E-state index is 0.264. The first-order valence-corrected chi connectivity index (χ1v) is 8.21. The number of nitrogens with zero attached hydrogens (tertiary/aromatic N) is 1. The molecule has 0 bridgehead atoms. The van der Waals surface area contributed by atoms with E-state index in [1.54, 1.807) is 18.5 Å². The highest BCUT2D eigenvalue weighted by Gasteiger charge is 2.25. The van der Waals surface area contributed by atoms with Gasteiger partial charge in [0.15, 0.2) is 0 Å². The van der Waals surface area contributed by atoms with Crippen molar-refractivity contribution in [2.24, 2.45) is 0 Å². The number of imide groups is 1. The number of fused-ring (bicyclic) bond motifs is 1. The van der Waals surface area contributed by atoms with Gasteiger partial charge in [-0.3, -0.25) is 19.9 Å². The molecular formula is C18H11FN2O3S. The zero-order valence-electron chi connectivity index (χ0n) is 13.0. The van der Waals surface area contributed by atoms with Crippen LogP contribution in [0.4, 0.5) is 9.18 Å². The van der Waals surface area contributed by atoms with Gasteiger partial charge in [0.1, 0.15) is 17.2 Å². The van der Waals surface area contributed by atoms with Gasteiger partial charge >= 0.3 is 0 Å². The van der Waals surface area contributed by atoms with E-state index < -0.39 is 11.1 Å². The first-order valence-electron chi connectivity index (χ1n) is 7.39. The summed E-state index contributed by atoms with van der Waals surface area (Å²) in [6.45, 7) is 1.81. The van der Waals surface area contributed by atoms with Gasteiger partial charge in [-0.25, -0.2) is 4.39 Å². The first-order chi connectivity index (χ1) is 12.0. The van der Waals surface area contributed by atoms with Crippen molar-refractivity contribution in [2.75, 3.05) is 0 Å². The second kappa shape index (κ2) is 5.86. The maximum atomic E-state index is 13.7. The van der Waals surface area contributed by atoms with Crippen LogP contribution >= 0.6 is 11.8 Å². The average Bonchev–Trinajstić information content (AvgIpc) is 3.08. The van der Waals surface area contributed by atoms with Gasteiger partial charge in [0.05, 0.1) is 4.91 Å². The third kappa shape index (κ3) is 2.94. The Morgan fingerprint density at radius 2 is 2.04 bits per heavy atom. The standard InChI is InChI=1S/C18H11FN2O3S/c1-9-2-10(4-12(19)3-9)14-8-20-7-11-5-13(24-16(11)14)6-15-17(22)21-18(23)25-15/h2-8H,1H3,(H,21,22,23). The van der Waals surface area contributed by atoms with Gasteiger partial charge in [-0.05, 0) is 48.0 Å². The molecule has 4 rings (SSSR count). The Kier molecular flexibility index (Phi) is 3.65. The van der Waals surface area contributed by atoms with E-state index in [0.29, 0.717) is 22.5 Å². The summed E-state index contributed by atoms with van der Waals surface area (Å²) < 4.78 is 19.6. The second-order valence-electron chi connectivity index (χ2n) is 5.62. The Morgan fingerprint density at radius 3 is 2.76 bits per heavy atom. The van der Waals surface area contributed by atoms with Crippen LogP contribution in [-0.2, 0) is 4.79 Å². The van der Waals surface area contributed by atoms with Crippen LogP contribution in [0.15, 0.2) is 46.0 Å². The Labute approximate surface area is 145 Å². The predicted molar refractivity (Wildman–Crippen MR) is 93.2 cm³/mol. The number of pyridine rings is 1. The summed E-state index contributed by atoms with van der Waals surface area (Å²) in [4.78, 5) is 27.3. The number of rotatable bonds is 2. The smallest absolute Gasteiger partial charge is 0.290 e. The molecule has 2 aromatic heterocycles. The van der Waals surface area contributed by atoms with Crippen molar-refractivity contribution in [3.05, 3.63) is 58.7 Å². The van der Waals surface area contributed by atoms with Crippen molar-refractivity contribution in [1.29, 1.82) is 0 Å². The third-order valence-corrected chi connectivity index (χ3v) is 4.52. The summed E-state index contributed by atoms with van der Waals surface area (Å²) in [6.07, 6.45) is 4.74. The minimum Gasteiger partial charge on any atom is -0.456 e. The summed E-state index contributed by atoms with van der Waals surface area (Å²) in [5, 5.41) is 2.50. The van der Waals surface area contributed by atoms with Crippen LogP contribution in [0.3, 0.4) is 0 Å². The zero-order valence-corrected chi connectivity index (χ0v) is 13.8. The van der Waals surface area contributed by atoms with E-state index in [2.05, 4.69) is 10.3 Å². The number of amides is 2. The van der Waals surface area contributed by atoms with Crippen LogP contribution in [0, 0.1) is 12.7 Å². The number of carbonyl (C=O) groups is 2. The van der Waals surface area contributed by atoms with Gasteiger partial charge in [0, 0.05) is 29.4 Å². The number of aromatic nitrogens is 1. The number of furan rings is 1. The molecule has 25 heavy (non-hydrogen) atoms. The Bertz CT molecular complexity index is 1050. The summed E-state index contributed by atoms with van der Waals surface area (Å²) in [5.74, 6) is -0.363. The molecule has 1 aliphatic rings. The number of carbonyl (C=O) groups excluding carboxylic acids is 2. The molecule has 7 heteroatoms. The topological polar surface area (TPSA) is 72.2 Å². The normalized spacial score (nSPS) is 16.0. The highest BCUT2D eigenvalue weighted by Crippen LogP contribution is 2.33. The lowest BCUT2D eigenvalue weighted by Gasteiger charge is -2.04. The van der Waals surface area contributed by atoms with Crippen molar-refractivity contribution in [2.45, 2.75) is 6.92 Å². The predicted octanol–water partition coefficient (Wildman–Crippen LogP) is 4.27. The lowest BCUT2D eigenvalue weighted by atomic mass is 10.0. The minimum atomic E-state index is -0.449. The summed E-state index contributed by atoms with van der Waals surface area (Å²) in [6, 6.07) is 6.44. The largest absolute Gasteiger partial charge is 0.456 e. The molecule has 1 saturated heterocycles. The molecular weight excluding hydrogens is 343 g/mol. The van der Waals surface area contributed by atoms with E-state index >= 15 is 0 Å². The van der Waals surface area contributed by atoms with Gasteiger partial charge < -0.3 is 4.42 Å². The maximum absolute atomic E-state index is 13.7. The summed E-state index contributed by atoms with van der Waals surface area (Å²) in [5.41, 5.74) is 2.65. The van der Waals surface area contributed by atoms with E-state index in [1.807, 2.05) is 13.0 Å². The molecule has 124 valence electrons. The molecule has 1 N–H and O–H groups in total. The van der Waals surface area contributed by atoms with E-state index in [-0.39, 0.29) is 10.7 Å². The van der Waals surface area contributed by atoms with Crippen LogP contribution in [0.25, 0.3) is 28.2 Å². The van der Waals surface area contributed by atoms with E-state index in [0.717, 1.165) is 22.7 Å². The molecule has 1 aromatic carbocycles. The van der Waals surface area contributed by atoms with Gasteiger partial charge in [0.2, 0.25) is 0 Å². The van der Waals surface area contributed by atoms with E-state index in [4.69, 9.17) is 4.42 Å². The average molecular weight is 354 g/mol. The second-order valence-corrected chi connectivity index (χ2v) is 6.64. The van der Waals surface area contributed by atoms with Crippen molar-refractivity contribution in [3.63, 3.8) is 0 Å². The van der Waals surface area contributed by atoms with Crippen molar-refractivity contribution in [1.82, 2.24) is 10.3 Å². The fourth-order valence-electron chi connectivity index (χ4n) is 2.70. The monoisotopic (exact) mass is 354 g/mol. The molecule has 0 spiro atoms. The van der Waals surface area contributed by atoms with Crippen LogP contribution in [0.2, 0.25) is 0 Å². The lowest BCUT2D eigenvalue weighted by molar-refractivity contribution is -0.115. The van der Waals surface area contributed by atoms with Crippen LogP contribution in [0.5, 0.6) is 0 Å². The van der Waals surface area contributed by atoms with Gasteiger partial charge in [0.25, 0.3) is 11.1 Å². The molecule has 3 heterocycles. The lowest BCUT2D eigenvalue weighted by Crippen LogP contribution is -2.17. The molecule has 2 amide bonds. The summed E-state index contributed by atoms with van der Waals surface area (Å²) in [7, 11) is 0. The van der Waals surface area contributed by atoms with Crippen LogP contribution in [-0.4, -0.2) is 16.1 Å². The highest BCUT2D eigenvalue weighted by molar-refractivity contribution is 8.18. The molecule has 3 aromatic rings. The Balaban J connectivity index is 1.83. The number of hydrogen-bond donors (Lipinski definition) is 1. The zero-order chi connectivity index (χ0) is 17.6. The van der Waals surface area contributed by atoms with E-state index in [9.17, 15) is 14.0 Å². The fraction of sp³-hybridized carbons (Fsp3) is 0.0556. The SMILES string of the molecule is Cc1cc(F)cc(-c2cncc3cc(C=C4SC(=O)NC4=O)oc23)c1. The van der Waals surface area contributed by atoms with Crippen molar-refractivity contribution < 1.29 is 18.4 Å². The van der Waals surface area contributed by atoms with Crippen molar-refractivity contribution >= 4 is 40.0 Å². The van der Waals surface area contributed by atoms with Gasteiger partial charge in [-0.2, -0.15) is 0 Å².